The molecule has 0 aliphatic heterocycles. The lowest BCUT2D eigenvalue weighted by Gasteiger charge is -2.10. The molecule has 1 aromatic carbocycles. The normalized spacial score (nSPS) is 14.6. The number of carbonyl (C=O) groups is 2. The van der Waals surface area contributed by atoms with Crippen LogP contribution in [0.25, 0.3) is 0 Å². The summed E-state index contributed by atoms with van der Waals surface area (Å²) in [5, 5.41) is 2.06. The second kappa shape index (κ2) is 7.40. The van der Waals surface area contributed by atoms with Crippen LogP contribution < -0.4 is 5.32 Å². The number of carbonyl (C=O) groups excluding carboxylic acids is 2. The van der Waals surface area contributed by atoms with Crippen LogP contribution in [0.2, 0.25) is 5.02 Å². The monoisotopic (exact) mass is 407 g/mol. The number of rotatable bonds is 6. The van der Waals surface area contributed by atoms with E-state index in [2.05, 4.69) is 21.2 Å². The lowest BCUT2D eigenvalue weighted by molar-refractivity contribution is -0.138. The first-order valence-corrected chi connectivity index (χ1v) is 8.04. The van der Waals surface area contributed by atoms with Gasteiger partial charge in [-0.15, -0.1) is 0 Å². The first-order valence-electron chi connectivity index (χ1n) is 6.87. The zero-order chi connectivity index (χ0) is 17.1. The molecule has 1 aliphatic carbocycles. The van der Waals surface area contributed by atoms with Crippen LogP contribution in [-0.4, -0.2) is 24.4 Å². The van der Waals surface area contributed by atoms with Crippen LogP contribution >= 0.6 is 27.5 Å². The molecule has 1 N–H and O–H groups in total. The Morgan fingerprint density at radius 2 is 2.09 bits per heavy atom. The molecule has 4 nitrogen and oxygen atoms in total. The number of ketones is 1. The summed E-state index contributed by atoms with van der Waals surface area (Å²) in [5.74, 6) is -4.06. The van der Waals surface area contributed by atoms with E-state index in [9.17, 15) is 18.4 Å². The Hall–Kier alpha value is -1.47. The Morgan fingerprint density at radius 3 is 2.65 bits per heavy atom. The summed E-state index contributed by atoms with van der Waals surface area (Å²) in [5.41, 5.74) is -0.882. The maximum absolute atomic E-state index is 14.1. The highest BCUT2D eigenvalue weighted by molar-refractivity contribution is 9.10. The van der Waals surface area contributed by atoms with E-state index in [0.717, 1.165) is 18.9 Å². The fraction of sp³-hybridized carbons (Fsp3) is 0.333. The molecule has 2 rings (SSSR count). The highest BCUT2D eigenvalue weighted by Crippen LogP contribution is 2.30. The molecule has 23 heavy (non-hydrogen) atoms. The SMILES string of the molecule is CCOC(=O)/C(=C/NC1CC1)C(=O)c1cc(Br)c(F)c(Cl)c1F. The molecule has 1 fully saturated rings. The van der Waals surface area contributed by atoms with Crippen LogP contribution in [0.5, 0.6) is 0 Å². The van der Waals surface area contributed by atoms with E-state index in [1.807, 2.05) is 0 Å². The van der Waals surface area contributed by atoms with Gasteiger partial charge >= 0.3 is 5.97 Å². The summed E-state index contributed by atoms with van der Waals surface area (Å²) >= 11 is 8.39. The number of nitrogens with one attached hydrogen (secondary N) is 1. The van der Waals surface area contributed by atoms with Crippen LogP contribution in [0.3, 0.4) is 0 Å². The molecule has 0 spiro atoms. The van der Waals surface area contributed by atoms with E-state index in [4.69, 9.17) is 16.3 Å². The van der Waals surface area contributed by atoms with Gasteiger partial charge in [-0.3, -0.25) is 4.79 Å². The minimum absolute atomic E-state index is 0.0588. The third-order valence-electron chi connectivity index (χ3n) is 3.13. The van der Waals surface area contributed by atoms with Crippen LogP contribution in [0.1, 0.15) is 30.1 Å². The fourth-order valence-electron chi connectivity index (χ4n) is 1.76. The second-order valence-corrected chi connectivity index (χ2v) is 6.13. The van der Waals surface area contributed by atoms with Crippen molar-refractivity contribution in [1.82, 2.24) is 5.32 Å². The van der Waals surface area contributed by atoms with E-state index < -0.39 is 34.0 Å². The number of benzene rings is 1. The van der Waals surface area contributed by atoms with Gasteiger partial charge in [-0.25, -0.2) is 13.6 Å². The topological polar surface area (TPSA) is 55.4 Å². The Kier molecular flexibility index (Phi) is 5.75. The first kappa shape index (κ1) is 17.9. The van der Waals surface area contributed by atoms with Gasteiger partial charge in [0.1, 0.15) is 10.6 Å². The standard InChI is InChI=1S/C15H13BrClF2NO3/c1-2-23-15(22)9(6-20-7-3-4-7)14(21)8-5-10(16)13(19)11(17)12(8)18/h5-7,20H,2-4H2,1H3/b9-6+. The first-order chi connectivity index (χ1) is 10.9. The van der Waals surface area contributed by atoms with Crippen molar-refractivity contribution in [3.63, 3.8) is 0 Å². The zero-order valence-corrected chi connectivity index (χ0v) is 14.4. The van der Waals surface area contributed by atoms with E-state index in [1.54, 1.807) is 6.92 Å². The Morgan fingerprint density at radius 1 is 1.43 bits per heavy atom. The lowest BCUT2D eigenvalue weighted by Crippen LogP contribution is -2.21. The maximum Gasteiger partial charge on any atom is 0.343 e. The average molecular weight is 409 g/mol. The molecule has 0 heterocycles. The number of halogens is 4. The molecular formula is C15H13BrClF2NO3. The smallest absolute Gasteiger partial charge is 0.343 e. The van der Waals surface area contributed by atoms with Gasteiger partial charge in [0.15, 0.2) is 11.6 Å². The van der Waals surface area contributed by atoms with Gasteiger partial charge in [-0.2, -0.15) is 0 Å². The molecule has 1 aliphatic rings. The van der Waals surface area contributed by atoms with Crippen LogP contribution in [0.4, 0.5) is 8.78 Å². The van der Waals surface area contributed by atoms with Gasteiger partial charge in [-0.05, 0) is 41.8 Å². The van der Waals surface area contributed by atoms with E-state index in [-0.39, 0.29) is 22.7 Å². The number of hydrogen-bond donors (Lipinski definition) is 1. The summed E-state index contributed by atoms with van der Waals surface area (Å²) in [6, 6.07) is 1.13. The summed E-state index contributed by atoms with van der Waals surface area (Å²) in [6.07, 6.45) is 3.05. The number of hydrogen-bond acceptors (Lipinski definition) is 4. The zero-order valence-electron chi connectivity index (χ0n) is 12.1. The molecule has 0 bridgehead atoms. The summed E-state index contributed by atoms with van der Waals surface area (Å²) in [7, 11) is 0. The van der Waals surface area contributed by atoms with E-state index in [1.165, 1.54) is 6.20 Å². The Labute approximate surface area is 145 Å². The van der Waals surface area contributed by atoms with Gasteiger partial charge in [-0.1, -0.05) is 11.6 Å². The highest BCUT2D eigenvalue weighted by atomic mass is 79.9. The predicted octanol–water partition coefficient (Wildman–Crippen LogP) is 3.76. The fourth-order valence-corrected chi connectivity index (χ4v) is 2.51. The summed E-state index contributed by atoms with van der Waals surface area (Å²) < 4.78 is 32.3. The van der Waals surface area contributed by atoms with Crippen molar-refractivity contribution in [3.8, 4) is 0 Å². The van der Waals surface area contributed by atoms with Crippen molar-refractivity contribution in [2.24, 2.45) is 0 Å². The molecule has 1 aromatic rings. The molecule has 0 atom stereocenters. The van der Waals surface area contributed by atoms with Gasteiger partial charge in [0.05, 0.1) is 16.6 Å². The third-order valence-corrected chi connectivity index (χ3v) is 4.04. The van der Waals surface area contributed by atoms with E-state index in [0.29, 0.717) is 0 Å². The number of esters is 1. The number of Topliss-reactive ketones (excluding diaryl/α,β-unsaturated/α-hetero) is 1. The summed E-state index contributed by atoms with van der Waals surface area (Å²) in [6.45, 7) is 1.64. The maximum atomic E-state index is 14.1. The van der Waals surface area contributed by atoms with Crippen molar-refractivity contribution in [2.45, 2.75) is 25.8 Å². The van der Waals surface area contributed by atoms with Crippen molar-refractivity contribution in [2.75, 3.05) is 6.61 Å². The van der Waals surface area contributed by atoms with Crippen molar-refractivity contribution in [1.29, 1.82) is 0 Å². The van der Waals surface area contributed by atoms with Gasteiger partial charge in [0.25, 0.3) is 0 Å². The van der Waals surface area contributed by atoms with Crippen molar-refractivity contribution < 1.29 is 23.1 Å². The second-order valence-electron chi connectivity index (χ2n) is 4.90. The average Bonchev–Trinajstić information content (AvgIpc) is 3.33. The Bertz CT molecular complexity index is 690. The number of ether oxygens (including phenoxy) is 1. The third kappa shape index (κ3) is 4.09. The molecule has 8 heteroatoms. The van der Waals surface area contributed by atoms with Gasteiger partial charge < -0.3 is 10.1 Å². The van der Waals surface area contributed by atoms with Crippen molar-refractivity contribution in [3.05, 3.63) is 44.5 Å². The molecule has 124 valence electrons. The lowest BCUT2D eigenvalue weighted by atomic mass is 10.0. The highest BCUT2D eigenvalue weighted by Gasteiger charge is 2.28. The van der Waals surface area contributed by atoms with Crippen LogP contribution in [0, 0.1) is 11.6 Å². The molecule has 0 aromatic heterocycles. The quantitative estimate of drug-likeness (QED) is 0.148. The Balaban J connectivity index is 2.40. The molecule has 0 unspecified atom stereocenters. The van der Waals surface area contributed by atoms with Crippen LogP contribution in [0.15, 0.2) is 22.3 Å². The molecular weight excluding hydrogens is 396 g/mol. The minimum Gasteiger partial charge on any atom is -0.462 e. The molecule has 0 amide bonds. The molecule has 0 radical (unpaired) electrons. The molecule has 1 saturated carbocycles. The predicted molar refractivity (Wildman–Crippen MR) is 84.3 cm³/mol. The van der Waals surface area contributed by atoms with Gasteiger partial charge in [0, 0.05) is 12.2 Å². The van der Waals surface area contributed by atoms with E-state index >= 15 is 0 Å². The molecule has 0 saturated heterocycles. The van der Waals surface area contributed by atoms with Crippen molar-refractivity contribution >= 4 is 39.3 Å². The summed E-state index contributed by atoms with van der Waals surface area (Å²) in [4.78, 5) is 24.4. The minimum atomic E-state index is -1.22. The largest absolute Gasteiger partial charge is 0.462 e. The van der Waals surface area contributed by atoms with Crippen LogP contribution in [-0.2, 0) is 9.53 Å². The van der Waals surface area contributed by atoms with Gasteiger partial charge in [0.2, 0.25) is 5.78 Å².